The van der Waals surface area contributed by atoms with Crippen LogP contribution in [0.15, 0.2) is 23.2 Å². The first-order valence-corrected chi connectivity index (χ1v) is 7.38. The van der Waals surface area contributed by atoms with Crippen LogP contribution in [-0.4, -0.2) is 36.5 Å². The lowest BCUT2D eigenvalue weighted by molar-refractivity contribution is 0.315. The Morgan fingerprint density at radius 3 is 2.82 bits per heavy atom. The number of likely N-dealkylation sites (tertiary alicyclic amines) is 1. The van der Waals surface area contributed by atoms with Gasteiger partial charge in [-0.1, -0.05) is 0 Å². The van der Waals surface area contributed by atoms with Gasteiger partial charge in [-0.3, -0.25) is 4.99 Å². The van der Waals surface area contributed by atoms with Crippen LogP contribution in [0.25, 0.3) is 0 Å². The average molecular weight is 422 g/mol. The zero-order chi connectivity index (χ0) is 14.8. The van der Waals surface area contributed by atoms with Crippen molar-refractivity contribution < 1.29 is 8.78 Å². The maximum atomic E-state index is 13.5. The Labute approximate surface area is 146 Å². The van der Waals surface area contributed by atoms with Crippen molar-refractivity contribution in [2.75, 3.05) is 25.0 Å². The number of aliphatic imine (C=N–C) groups is 1. The van der Waals surface area contributed by atoms with Crippen molar-refractivity contribution >= 4 is 35.6 Å². The lowest BCUT2D eigenvalue weighted by atomic mass is 10.1. The van der Waals surface area contributed by atoms with Crippen LogP contribution < -0.4 is 11.1 Å². The highest BCUT2D eigenvalue weighted by molar-refractivity contribution is 14.0. The molecule has 1 heterocycles. The molecule has 0 bridgehead atoms. The molecule has 4 nitrogen and oxygen atoms in total. The van der Waals surface area contributed by atoms with Gasteiger partial charge in [0.2, 0.25) is 0 Å². The Morgan fingerprint density at radius 1 is 1.32 bits per heavy atom. The van der Waals surface area contributed by atoms with Crippen LogP contribution in [0.3, 0.4) is 0 Å². The Balaban J connectivity index is 0.00000176. The molecular weight excluding hydrogens is 401 g/mol. The molecule has 122 valence electrons. The minimum Gasteiger partial charge on any atom is -0.370 e. The second kappa shape index (κ2) is 7.54. The van der Waals surface area contributed by atoms with E-state index < -0.39 is 11.6 Å². The second-order valence-corrected chi connectivity index (χ2v) is 5.86. The predicted octanol–water partition coefficient (Wildman–Crippen LogP) is 2.79. The van der Waals surface area contributed by atoms with Crippen molar-refractivity contribution in [3.05, 3.63) is 29.8 Å². The number of guanidine groups is 1. The van der Waals surface area contributed by atoms with Gasteiger partial charge >= 0.3 is 0 Å². The first kappa shape index (κ1) is 17.4. The van der Waals surface area contributed by atoms with E-state index >= 15 is 0 Å². The summed E-state index contributed by atoms with van der Waals surface area (Å²) in [6, 6.07) is 3.99. The fourth-order valence-corrected chi connectivity index (χ4v) is 2.78. The monoisotopic (exact) mass is 422 g/mol. The number of halogens is 3. The highest BCUT2D eigenvalue weighted by atomic mass is 127. The summed E-state index contributed by atoms with van der Waals surface area (Å²) in [5.41, 5.74) is 5.76. The van der Waals surface area contributed by atoms with Crippen molar-refractivity contribution in [3.63, 3.8) is 0 Å². The predicted molar refractivity (Wildman–Crippen MR) is 94.6 cm³/mol. The van der Waals surface area contributed by atoms with E-state index in [9.17, 15) is 8.78 Å². The molecule has 2 fully saturated rings. The topological polar surface area (TPSA) is 53.6 Å². The molecule has 1 aliphatic carbocycles. The van der Waals surface area contributed by atoms with E-state index in [2.05, 4.69) is 15.2 Å². The van der Waals surface area contributed by atoms with Crippen LogP contribution in [-0.2, 0) is 0 Å². The lowest BCUT2D eigenvalue weighted by Crippen LogP contribution is -2.26. The summed E-state index contributed by atoms with van der Waals surface area (Å²) in [6.07, 6.45) is 3.76. The number of nitrogens with one attached hydrogen (secondary N) is 1. The van der Waals surface area contributed by atoms with E-state index in [0.29, 0.717) is 12.5 Å². The molecule has 7 heteroatoms. The highest BCUT2D eigenvalue weighted by Gasteiger charge is 2.34. The van der Waals surface area contributed by atoms with E-state index in [-0.39, 0.29) is 35.6 Å². The first-order valence-electron chi connectivity index (χ1n) is 7.38. The third-order valence-electron chi connectivity index (χ3n) is 4.09. The van der Waals surface area contributed by atoms with E-state index in [4.69, 9.17) is 5.73 Å². The zero-order valence-corrected chi connectivity index (χ0v) is 14.6. The Hall–Kier alpha value is -0.960. The molecule has 1 aromatic rings. The van der Waals surface area contributed by atoms with Crippen molar-refractivity contribution in [2.24, 2.45) is 16.6 Å². The third-order valence-corrected chi connectivity index (χ3v) is 4.09. The molecule has 3 rings (SSSR count). The minimum atomic E-state index is -0.546. The summed E-state index contributed by atoms with van der Waals surface area (Å²) in [4.78, 5) is 6.76. The van der Waals surface area contributed by atoms with Crippen molar-refractivity contribution in [1.29, 1.82) is 0 Å². The molecule has 1 aliphatic heterocycles. The number of hydrogen-bond donors (Lipinski definition) is 2. The van der Waals surface area contributed by atoms with Gasteiger partial charge in [-0.25, -0.2) is 8.78 Å². The minimum absolute atomic E-state index is 0. The quantitative estimate of drug-likeness (QED) is 0.446. The molecule has 0 spiro atoms. The standard InChI is InChI=1S/C15H20F2N4.HI/c16-11-1-4-13(17)14(7-11)20-15(18)19-8-10-5-6-21(9-10)12-2-3-12;/h1,4,7,10,12H,2-3,5-6,8-9H2,(H3,18,19,20);1H. The molecule has 22 heavy (non-hydrogen) atoms. The van der Waals surface area contributed by atoms with Crippen LogP contribution in [0.1, 0.15) is 19.3 Å². The van der Waals surface area contributed by atoms with Gasteiger partial charge in [-0.05, 0) is 43.9 Å². The fraction of sp³-hybridized carbons (Fsp3) is 0.533. The van der Waals surface area contributed by atoms with Gasteiger partial charge in [0.25, 0.3) is 0 Å². The number of hydrogen-bond acceptors (Lipinski definition) is 2. The molecule has 1 unspecified atom stereocenters. The molecule has 2 aliphatic rings. The summed E-state index contributed by atoms with van der Waals surface area (Å²) in [5, 5.41) is 2.62. The fourth-order valence-electron chi connectivity index (χ4n) is 2.78. The molecular formula is C15H21F2IN4. The van der Waals surface area contributed by atoms with Crippen molar-refractivity contribution in [1.82, 2.24) is 4.90 Å². The van der Waals surface area contributed by atoms with E-state index in [1.807, 2.05) is 0 Å². The van der Waals surface area contributed by atoms with Gasteiger partial charge in [0.1, 0.15) is 11.6 Å². The summed E-state index contributed by atoms with van der Waals surface area (Å²) in [6.45, 7) is 2.82. The molecule has 0 aromatic heterocycles. The van der Waals surface area contributed by atoms with Crippen LogP contribution in [0.2, 0.25) is 0 Å². The van der Waals surface area contributed by atoms with Crippen LogP contribution >= 0.6 is 24.0 Å². The lowest BCUT2D eigenvalue weighted by Gasteiger charge is -2.14. The van der Waals surface area contributed by atoms with E-state index in [1.165, 1.54) is 12.8 Å². The van der Waals surface area contributed by atoms with Crippen LogP contribution in [0.4, 0.5) is 14.5 Å². The SMILES string of the molecule is I.NC(=NCC1CCN(C2CC2)C1)Nc1cc(F)ccc1F. The van der Waals surface area contributed by atoms with Crippen LogP contribution in [0.5, 0.6) is 0 Å². The van der Waals surface area contributed by atoms with Gasteiger partial charge < -0.3 is 16.0 Å². The smallest absolute Gasteiger partial charge is 0.193 e. The number of nitrogens with two attached hydrogens (primary N) is 1. The van der Waals surface area contributed by atoms with Gasteiger partial charge in [0.05, 0.1) is 5.69 Å². The maximum Gasteiger partial charge on any atom is 0.193 e. The van der Waals surface area contributed by atoms with E-state index in [0.717, 1.165) is 43.8 Å². The highest BCUT2D eigenvalue weighted by Crippen LogP contribution is 2.31. The average Bonchev–Trinajstić information content (AvgIpc) is 3.20. The second-order valence-electron chi connectivity index (χ2n) is 5.86. The summed E-state index contributed by atoms with van der Waals surface area (Å²) in [5.74, 6) is -0.425. The molecule has 1 saturated carbocycles. The largest absolute Gasteiger partial charge is 0.370 e. The molecule has 1 aromatic carbocycles. The molecule has 1 atom stereocenters. The van der Waals surface area contributed by atoms with Gasteiger partial charge in [0, 0.05) is 25.2 Å². The first-order chi connectivity index (χ1) is 10.1. The maximum absolute atomic E-state index is 13.5. The normalized spacial score (nSPS) is 22.5. The van der Waals surface area contributed by atoms with Gasteiger partial charge in [-0.15, -0.1) is 24.0 Å². The Kier molecular flexibility index (Phi) is 5.96. The van der Waals surface area contributed by atoms with Gasteiger partial charge in [0.15, 0.2) is 5.96 Å². The number of anilines is 1. The Bertz CT molecular complexity index is 548. The van der Waals surface area contributed by atoms with Gasteiger partial charge in [-0.2, -0.15) is 0 Å². The molecule has 0 amide bonds. The van der Waals surface area contributed by atoms with E-state index in [1.54, 1.807) is 0 Å². The number of rotatable bonds is 4. The number of benzene rings is 1. The summed E-state index contributed by atoms with van der Waals surface area (Å²) < 4.78 is 26.5. The Morgan fingerprint density at radius 2 is 2.09 bits per heavy atom. The number of nitrogens with zero attached hydrogens (tertiary/aromatic N) is 2. The summed E-state index contributed by atoms with van der Waals surface area (Å²) >= 11 is 0. The zero-order valence-electron chi connectivity index (χ0n) is 12.3. The molecule has 1 saturated heterocycles. The summed E-state index contributed by atoms with van der Waals surface area (Å²) in [7, 11) is 0. The van der Waals surface area contributed by atoms with Crippen LogP contribution in [0, 0.1) is 17.6 Å². The third kappa shape index (κ3) is 4.52. The molecule has 0 radical (unpaired) electrons. The van der Waals surface area contributed by atoms with Crippen molar-refractivity contribution in [2.45, 2.75) is 25.3 Å². The van der Waals surface area contributed by atoms with Crippen molar-refractivity contribution in [3.8, 4) is 0 Å². The molecule has 3 N–H and O–H groups in total.